The van der Waals surface area contributed by atoms with Crippen molar-refractivity contribution in [3.63, 3.8) is 0 Å². The number of primary amides is 1. The summed E-state index contributed by atoms with van der Waals surface area (Å²) >= 11 is 1.81. The predicted octanol–water partition coefficient (Wildman–Crippen LogP) is 3.89. The molecule has 1 amide bonds. The molecule has 0 bridgehead atoms. The monoisotopic (exact) mass is 337 g/mol. The molecule has 0 spiro atoms. The molecule has 4 nitrogen and oxygen atoms in total. The van der Waals surface area contributed by atoms with Crippen molar-refractivity contribution in [2.24, 2.45) is 5.73 Å². The van der Waals surface area contributed by atoms with E-state index in [1.54, 1.807) is 17.8 Å². The highest BCUT2D eigenvalue weighted by Gasteiger charge is 2.12. The molecule has 0 saturated heterocycles. The second-order valence-corrected chi connectivity index (χ2v) is 6.63. The lowest BCUT2D eigenvalue weighted by Crippen LogP contribution is -2.24. The van der Waals surface area contributed by atoms with Crippen molar-refractivity contribution in [1.29, 1.82) is 0 Å². The molecule has 5 heteroatoms. The highest BCUT2D eigenvalue weighted by atomic mass is 32.2. The first kappa shape index (κ1) is 16.3. The summed E-state index contributed by atoms with van der Waals surface area (Å²) in [5.41, 5.74) is 8.67. The smallest absolute Gasteiger partial charge is 0.241 e. The molecule has 0 aliphatic heterocycles. The van der Waals surface area contributed by atoms with Crippen molar-refractivity contribution in [1.82, 2.24) is 9.78 Å². The van der Waals surface area contributed by atoms with Gasteiger partial charge in [0.25, 0.3) is 0 Å². The molecule has 1 unspecified atom stereocenters. The Balaban J connectivity index is 1.67. The summed E-state index contributed by atoms with van der Waals surface area (Å²) in [4.78, 5) is 12.5. The summed E-state index contributed by atoms with van der Waals surface area (Å²) in [5, 5.41) is 4.22. The maximum atomic E-state index is 11.2. The minimum Gasteiger partial charge on any atom is -0.368 e. The second kappa shape index (κ2) is 7.36. The fourth-order valence-corrected chi connectivity index (χ4v) is 3.17. The number of aromatic nitrogens is 2. The minimum atomic E-state index is -0.445. The van der Waals surface area contributed by atoms with Crippen LogP contribution in [-0.2, 0) is 10.5 Å². The molecule has 1 atom stereocenters. The lowest BCUT2D eigenvalue weighted by atomic mass is 10.1. The van der Waals surface area contributed by atoms with E-state index in [2.05, 4.69) is 53.6 Å². The molecular weight excluding hydrogens is 318 g/mol. The van der Waals surface area contributed by atoms with Gasteiger partial charge in [0.05, 0.1) is 6.20 Å². The third-order valence-corrected chi connectivity index (χ3v) is 4.93. The van der Waals surface area contributed by atoms with Crippen LogP contribution in [0, 0.1) is 0 Å². The van der Waals surface area contributed by atoms with Gasteiger partial charge in [0.15, 0.2) is 0 Å². The molecular formula is C19H19N3OS. The van der Waals surface area contributed by atoms with Crippen LogP contribution in [-0.4, -0.2) is 15.7 Å². The van der Waals surface area contributed by atoms with Gasteiger partial charge in [0.2, 0.25) is 5.91 Å². The van der Waals surface area contributed by atoms with Gasteiger partial charge in [0, 0.05) is 22.4 Å². The van der Waals surface area contributed by atoms with Crippen LogP contribution in [0.5, 0.6) is 0 Å². The molecule has 0 radical (unpaired) electrons. The van der Waals surface area contributed by atoms with Gasteiger partial charge in [-0.05, 0) is 30.2 Å². The number of amides is 1. The van der Waals surface area contributed by atoms with E-state index < -0.39 is 11.9 Å². The van der Waals surface area contributed by atoms with E-state index in [1.165, 1.54) is 10.5 Å². The summed E-state index contributed by atoms with van der Waals surface area (Å²) in [6.45, 7) is 1.74. The lowest BCUT2D eigenvalue weighted by Gasteiger charge is -2.06. The first-order valence-corrected chi connectivity index (χ1v) is 8.72. The third kappa shape index (κ3) is 3.86. The molecule has 2 N–H and O–H groups in total. The van der Waals surface area contributed by atoms with E-state index in [4.69, 9.17) is 5.73 Å². The predicted molar refractivity (Wildman–Crippen MR) is 97.6 cm³/mol. The number of rotatable bonds is 6. The zero-order valence-corrected chi connectivity index (χ0v) is 14.2. The van der Waals surface area contributed by atoms with Gasteiger partial charge in [0.1, 0.15) is 6.04 Å². The Hall–Kier alpha value is -2.53. The standard InChI is InChI=1S/C19H19N3OS/c1-14(19(20)23)22-12-17(11-21-22)16-7-9-18(10-8-16)24-13-15-5-3-2-4-6-15/h2-12,14H,13H2,1H3,(H2,20,23). The third-order valence-electron chi connectivity index (χ3n) is 3.85. The van der Waals surface area contributed by atoms with E-state index in [1.807, 2.05) is 24.0 Å². The van der Waals surface area contributed by atoms with Crippen molar-refractivity contribution < 1.29 is 4.79 Å². The van der Waals surface area contributed by atoms with E-state index in [0.29, 0.717) is 0 Å². The fourth-order valence-electron chi connectivity index (χ4n) is 2.31. The number of benzene rings is 2. The second-order valence-electron chi connectivity index (χ2n) is 5.59. The Morgan fingerprint density at radius 3 is 2.50 bits per heavy atom. The molecule has 0 aliphatic rings. The highest BCUT2D eigenvalue weighted by Crippen LogP contribution is 2.26. The zero-order chi connectivity index (χ0) is 16.9. The number of thioether (sulfide) groups is 1. The molecule has 0 fully saturated rings. The summed E-state index contributed by atoms with van der Waals surface area (Å²) in [5.74, 6) is 0.561. The van der Waals surface area contributed by atoms with Crippen molar-refractivity contribution >= 4 is 17.7 Å². The number of hydrogen-bond donors (Lipinski definition) is 1. The molecule has 0 saturated carbocycles. The average molecular weight is 337 g/mol. The number of carbonyl (C=O) groups is 1. The van der Waals surface area contributed by atoms with E-state index in [0.717, 1.165) is 16.9 Å². The molecule has 2 aromatic carbocycles. The summed E-state index contributed by atoms with van der Waals surface area (Å²) < 4.78 is 1.59. The van der Waals surface area contributed by atoms with Gasteiger partial charge in [-0.25, -0.2) is 0 Å². The van der Waals surface area contributed by atoms with Crippen molar-refractivity contribution in [3.8, 4) is 11.1 Å². The minimum absolute atomic E-state index is 0.391. The SMILES string of the molecule is CC(C(N)=O)n1cc(-c2ccc(SCc3ccccc3)cc2)cn1. The van der Waals surface area contributed by atoms with Crippen LogP contribution in [0.1, 0.15) is 18.5 Å². The van der Waals surface area contributed by atoms with Gasteiger partial charge >= 0.3 is 0 Å². The summed E-state index contributed by atoms with van der Waals surface area (Å²) in [6.07, 6.45) is 3.60. The van der Waals surface area contributed by atoms with Crippen molar-refractivity contribution in [2.75, 3.05) is 0 Å². The number of nitrogens with two attached hydrogens (primary N) is 1. The van der Waals surface area contributed by atoms with Crippen LogP contribution in [0.25, 0.3) is 11.1 Å². The zero-order valence-electron chi connectivity index (χ0n) is 13.4. The van der Waals surface area contributed by atoms with Gasteiger partial charge in [-0.1, -0.05) is 42.5 Å². The van der Waals surface area contributed by atoms with Gasteiger partial charge in [-0.3, -0.25) is 9.48 Å². The summed E-state index contributed by atoms with van der Waals surface area (Å²) in [7, 11) is 0. The first-order chi connectivity index (χ1) is 11.6. The average Bonchev–Trinajstić information content (AvgIpc) is 3.10. The maximum Gasteiger partial charge on any atom is 0.241 e. The molecule has 1 aromatic heterocycles. The Labute approximate surface area is 145 Å². The van der Waals surface area contributed by atoms with E-state index >= 15 is 0 Å². The molecule has 0 aliphatic carbocycles. The molecule has 3 aromatic rings. The number of hydrogen-bond acceptors (Lipinski definition) is 3. The van der Waals surface area contributed by atoms with Crippen LogP contribution < -0.4 is 5.73 Å². The van der Waals surface area contributed by atoms with Crippen LogP contribution in [0.4, 0.5) is 0 Å². The van der Waals surface area contributed by atoms with Gasteiger partial charge in [-0.2, -0.15) is 5.10 Å². The number of nitrogens with zero attached hydrogens (tertiary/aromatic N) is 2. The van der Waals surface area contributed by atoms with Crippen LogP contribution in [0.3, 0.4) is 0 Å². The summed E-state index contributed by atoms with van der Waals surface area (Å²) in [6, 6.07) is 18.3. The van der Waals surface area contributed by atoms with E-state index in [-0.39, 0.29) is 0 Å². The molecule has 3 rings (SSSR count). The van der Waals surface area contributed by atoms with Gasteiger partial charge < -0.3 is 5.73 Å². The topological polar surface area (TPSA) is 60.9 Å². The van der Waals surface area contributed by atoms with Crippen LogP contribution >= 0.6 is 11.8 Å². The first-order valence-electron chi connectivity index (χ1n) is 7.74. The Morgan fingerprint density at radius 1 is 1.12 bits per heavy atom. The van der Waals surface area contributed by atoms with Crippen molar-refractivity contribution in [3.05, 3.63) is 72.6 Å². The van der Waals surface area contributed by atoms with E-state index in [9.17, 15) is 4.79 Å². The Bertz CT molecular complexity index is 812. The number of carbonyl (C=O) groups excluding carboxylic acids is 1. The van der Waals surface area contributed by atoms with Crippen LogP contribution in [0.2, 0.25) is 0 Å². The Kier molecular flexibility index (Phi) is 5.01. The van der Waals surface area contributed by atoms with Crippen LogP contribution in [0.15, 0.2) is 71.9 Å². The van der Waals surface area contributed by atoms with Gasteiger partial charge in [-0.15, -0.1) is 11.8 Å². The maximum absolute atomic E-state index is 11.2. The Morgan fingerprint density at radius 2 is 1.83 bits per heavy atom. The molecule has 1 heterocycles. The fraction of sp³-hybridized carbons (Fsp3) is 0.158. The molecule has 24 heavy (non-hydrogen) atoms. The molecule has 122 valence electrons. The largest absolute Gasteiger partial charge is 0.368 e. The lowest BCUT2D eigenvalue weighted by molar-refractivity contribution is -0.120. The normalized spacial score (nSPS) is 12.0. The van der Waals surface area contributed by atoms with Crippen molar-refractivity contribution in [2.45, 2.75) is 23.6 Å². The quantitative estimate of drug-likeness (QED) is 0.694. The highest BCUT2D eigenvalue weighted by molar-refractivity contribution is 7.98.